The Kier molecular flexibility index (Phi) is 6.15. The van der Waals surface area contributed by atoms with Gasteiger partial charge in [-0.1, -0.05) is 26.0 Å². The smallest absolute Gasteiger partial charge is 0.170 e. The van der Waals surface area contributed by atoms with Crippen LogP contribution in [0.4, 0.5) is 0 Å². The minimum Gasteiger partial charge on any atom is -0.490 e. The van der Waals surface area contributed by atoms with Gasteiger partial charge in [-0.15, -0.1) is 0 Å². The van der Waals surface area contributed by atoms with Gasteiger partial charge in [-0.25, -0.2) is 0 Å². The van der Waals surface area contributed by atoms with Gasteiger partial charge in [-0.3, -0.25) is 4.79 Å². The maximum Gasteiger partial charge on any atom is 0.170 e. The summed E-state index contributed by atoms with van der Waals surface area (Å²) in [7, 11) is 0. The molecule has 0 radical (unpaired) electrons. The quantitative estimate of drug-likeness (QED) is 0.695. The summed E-state index contributed by atoms with van der Waals surface area (Å²) in [5.41, 5.74) is 0. The van der Waals surface area contributed by atoms with Crippen LogP contribution in [0.1, 0.15) is 33.1 Å². The first-order chi connectivity index (χ1) is 8.27. The van der Waals surface area contributed by atoms with Crippen LogP contribution in [0.25, 0.3) is 0 Å². The van der Waals surface area contributed by atoms with Gasteiger partial charge < -0.3 is 9.47 Å². The Hall–Kier alpha value is -1.51. The van der Waals surface area contributed by atoms with Gasteiger partial charge in [0.25, 0.3) is 0 Å². The third-order valence-electron chi connectivity index (χ3n) is 2.23. The molecule has 0 N–H and O–H groups in total. The van der Waals surface area contributed by atoms with Crippen LogP contribution < -0.4 is 9.47 Å². The van der Waals surface area contributed by atoms with Crippen molar-refractivity contribution in [2.24, 2.45) is 0 Å². The van der Waals surface area contributed by atoms with Crippen molar-refractivity contribution in [3.05, 3.63) is 24.3 Å². The second-order valence-electron chi connectivity index (χ2n) is 3.87. The zero-order valence-corrected chi connectivity index (χ0v) is 10.6. The van der Waals surface area contributed by atoms with E-state index in [0.717, 1.165) is 12.8 Å². The molecule has 0 amide bonds. The van der Waals surface area contributed by atoms with E-state index in [9.17, 15) is 4.79 Å². The molecule has 0 aliphatic carbocycles. The number of ketones is 1. The lowest BCUT2D eigenvalue weighted by atomic mass is 10.2. The van der Waals surface area contributed by atoms with Crippen LogP contribution in [0.15, 0.2) is 24.3 Å². The van der Waals surface area contributed by atoms with E-state index in [1.807, 2.05) is 38.1 Å². The average molecular weight is 236 g/mol. The maximum absolute atomic E-state index is 11.4. The summed E-state index contributed by atoms with van der Waals surface area (Å²) >= 11 is 0. The lowest BCUT2D eigenvalue weighted by Gasteiger charge is -2.11. The number of carbonyl (C=O) groups is 1. The van der Waals surface area contributed by atoms with Gasteiger partial charge in [0.1, 0.15) is 6.61 Å². The molecule has 3 heteroatoms. The topological polar surface area (TPSA) is 35.5 Å². The standard InChI is InChI=1S/C14H20O3/c1-3-7-12(15)11-17-14-9-6-5-8-13(14)16-10-4-2/h5-6,8-9H,3-4,7,10-11H2,1-2H3. The minimum atomic E-state index is 0.123. The fraction of sp³-hybridized carbons (Fsp3) is 0.500. The maximum atomic E-state index is 11.4. The van der Waals surface area contributed by atoms with Crippen molar-refractivity contribution in [2.75, 3.05) is 13.2 Å². The summed E-state index contributed by atoms with van der Waals surface area (Å²) in [5, 5.41) is 0. The van der Waals surface area contributed by atoms with Crippen LogP contribution in [0.5, 0.6) is 11.5 Å². The molecule has 0 bridgehead atoms. The number of hydrogen-bond donors (Lipinski definition) is 0. The van der Waals surface area contributed by atoms with Gasteiger partial charge in [-0.05, 0) is 25.0 Å². The van der Waals surface area contributed by atoms with Crippen LogP contribution in [0, 0.1) is 0 Å². The first-order valence-electron chi connectivity index (χ1n) is 6.14. The van der Waals surface area contributed by atoms with Crippen molar-refractivity contribution in [1.29, 1.82) is 0 Å². The van der Waals surface area contributed by atoms with Gasteiger partial charge in [0.05, 0.1) is 6.61 Å². The molecule has 0 saturated heterocycles. The molecule has 0 spiro atoms. The van der Waals surface area contributed by atoms with E-state index in [4.69, 9.17) is 9.47 Å². The molecule has 0 heterocycles. The number of hydrogen-bond acceptors (Lipinski definition) is 3. The average Bonchev–Trinajstić information content (AvgIpc) is 2.35. The van der Waals surface area contributed by atoms with Gasteiger partial charge >= 0.3 is 0 Å². The van der Waals surface area contributed by atoms with Crippen LogP contribution in [-0.2, 0) is 4.79 Å². The highest BCUT2D eigenvalue weighted by Gasteiger charge is 2.06. The number of Topliss-reactive ketones (excluding diaryl/α,β-unsaturated/α-hetero) is 1. The third-order valence-corrected chi connectivity index (χ3v) is 2.23. The summed E-state index contributed by atoms with van der Waals surface area (Å²) in [5.74, 6) is 1.47. The van der Waals surface area contributed by atoms with E-state index < -0.39 is 0 Å². The lowest BCUT2D eigenvalue weighted by molar-refractivity contribution is -0.121. The SMILES string of the molecule is CCCOc1ccccc1OCC(=O)CCC. The van der Waals surface area contributed by atoms with Crippen LogP contribution in [-0.4, -0.2) is 19.0 Å². The van der Waals surface area contributed by atoms with E-state index >= 15 is 0 Å². The first kappa shape index (κ1) is 13.6. The predicted molar refractivity (Wildman–Crippen MR) is 67.6 cm³/mol. The van der Waals surface area contributed by atoms with Crippen molar-refractivity contribution in [3.8, 4) is 11.5 Å². The number of benzene rings is 1. The first-order valence-corrected chi connectivity index (χ1v) is 6.14. The highest BCUT2D eigenvalue weighted by molar-refractivity contribution is 5.79. The van der Waals surface area contributed by atoms with Gasteiger partial charge in [0, 0.05) is 6.42 Å². The lowest BCUT2D eigenvalue weighted by Crippen LogP contribution is -2.11. The molecule has 0 fully saturated rings. The molecule has 17 heavy (non-hydrogen) atoms. The molecule has 1 aromatic rings. The Morgan fingerprint density at radius 2 is 1.71 bits per heavy atom. The van der Waals surface area contributed by atoms with Gasteiger partial charge in [0.2, 0.25) is 0 Å². The fourth-order valence-corrected chi connectivity index (χ4v) is 1.41. The van der Waals surface area contributed by atoms with Gasteiger partial charge in [-0.2, -0.15) is 0 Å². The Morgan fingerprint density at radius 1 is 1.06 bits per heavy atom. The summed E-state index contributed by atoms with van der Waals surface area (Å²) in [4.78, 5) is 11.4. The summed E-state index contributed by atoms with van der Waals surface area (Å²) in [6.07, 6.45) is 2.37. The number of rotatable bonds is 8. The minimum absolute atomic E-state index is 0.123. The van der Waals surface area contributed by atoms with E-state index in [0.29, 0.717) is 24.5 Å². The second-order valence-corrected chi connectivity index (χ2v) is 3.87. The monoisotopic (exact) mass is 236 g/mol. The molecule has 1 aromatic carbocycles. The normalized spacial score (nSPS) is 10.0. The van der Waals surface area contributed by atoms with Crippen molar-refractivity contribution in [2.45, 2.75) is 33.1 Å². The molecule has 3 nitrogen and oxygen atoms in total. The summed E-state index contributed by atoms with van der Waals surface area (Å²) < 4.78 is 11.0. The molecule has 0 unspecified atom stereocenters. The van der Waals surface area contributed by atoms with Crippen molar-refractivity contribution in [3.63, 3.8) is 0 Å². The van der Waals surface area contributed by atoms with Crippen molar-refractivity contribution >= 4 is 5.78 Å². The summed E-state index contributed by atoms with van der Waals surface area (Å²) in [6.45, 7) is 4.81. The molecule has 94 valence electrons. The van der Waals surface area contributed by atoms with Crippen molar-refractivity contribution < 1.29 is 14.3 Å². The Labute approximate surface area is 103 Å². The fourth-order valence-electron chi connectivity index (χ4n) is 1.41. The Morgan fingerprint density at radius 3 is 2.29 bits per heavy atom. The predicted octanol–water partition coefficient (Wildman–Crippen LogP) is 3.22. The molecule has 0 aliphatic heterocycles. The van der Waals surface area contributed by atoms with Crippen molar-refractivity contribution in [1.82, 2.24) is 0 Å². The zero-order chi connectivity index (χ0) is 12.5. The number of para-hydroxylation sites is 2. The van der Waals surface area contributed by atoms with E-state index in [1.54, 1.807) is 0 Å². The molecule has 1 rings (SSSR count). The highest BCUT2D eigenvalue weighted by Crippen LogP contribution is 2.26. The largest absolute Gasteiger partial charge is 0.490 e. The van der Waals surface area contributed by atoms with Crippen LogP contribution in [0.2, 0.25) is 0 Å². The Balaban J connectivity index is 2.54. The third kappa shape index (κ3) is 4.89. The van der Waals surface area contributed by atoms with E-state index in [1.165, 1.54) is 0 Å². The molecule has 0 saturated carbocycles. The molecular weight excluding hydrogens is 216 g/mol. The molecular formula is C14H20O3. The molecule has 0 atom stereocenters. The highest BCUT2D eigenvalue weighted by atomic mass is 16.5. The number of ether oxygens (including phenoxy) is 2. The molecule has 0 aliphatic rings. The van der Waals surface area contributed by atoms with E-state index in [-0.39, 0.29) is 12.4 Å². The van der Waals surface area contributed by atoms with Crippen LogP contribution >= 0.6 is 0 Å². The number of carbonyl (C=O) groups excluding carboxylic acids is 1. The van der Waals surface area contributed by atoms with Gasteiger partial charge in [0.15, 0.2) is 17.3 Å². The zero-order valence-electron chi connectivity index (χ0n) is 10.6. The van der Waals surface area contributed by atoms with Crippen LogP contribution in [0.3, 0.4) is 0 Å². The second kappa shape index (κ2) is 7.71. The molecule has 0 aromatic heterocycles. The van der Waals surface area contributed by atoms with E-state index in [2.05, 4.69) is 0 Å². The Bertz CT molecular complexity index is 347. The summed E-state index contributed by atoms with van der Waals surface area (Å²) in [6, 6.07) is 7.45.